The molecule has 3 atom stereocenters. The van der Waals surface area contributed by atoms with Gasteiger partial charge in [0.05, 0.1) is 11.3 Å². The van der Waals surface area contributed by atoms with Gasteiger partial charge in [0.2, 0.25) is 0 Å². The smallest absolute Gasteiger partial charge is 0.254 e. The van der Waals surface area contributed by atoms with Crippen LogP contribution in [0.4, 0.5) is 0 Å². The number of amides is 1. The van der Waals surface area contributed by atoms with E-state index in [4.69, 9.17) is 0 Å². The van der Waals surface area contributed by atoms with Crippen LogP contribution in [-0.2, 0) is 7.05 Å². The van der Waals surface area contributed by atoms with Crippen LogP contribution in [0.15, 0.2) is 48.5 Å². The SMILES string of the molecule is Cc1ccc2c(c1)c(C(=O)NC1C[C@H]3CC[C@@H](C1)N3C)c(-c1ccccc1)n2C.Cl. The first-order valence-corrected chi connectivity index (χ1v) is 10.7. The summed E-state index contributed by atoms with van der Waals surface area (Å²) in [5.41, 5.74) is 5.16. The highest BCUT2D eigenvalue weighted by atomic mass is 35.5. The number of hydrogen-bond donors (Lipinski definition) is 1. The van der Waals surface area contributed by atoms with Crippen molar-refractivity contribution in [1.29, 1.82) is 0 Å². The van der Waals surface area contributed by atoms with Crippen molar-refractivity contribution in [2.45, 2.75) is 50.7 Å². The lowest BCUT2D eigenvalue weighted by Gasteiger charge is -2.36. The summed E-state index contributed by atoms with van der Waals surface area (Å²) in [6, 6.07) is 18.2. The second kappa shape index (κ2) is 8.09. The number of nitrogens with one attached hydrogen (secondary N) is 1. The Labute approximate surface area is 184 Å². The molecule has 158 valence electrons. The largest absolute Gasteiger partial charge is 0.349 e. The molecule has 2 aromatic carbocycles. The van der Waals surface area contributed by atoms with Crippen LogP contribution in [0.25, 0.3) is 22.2 Å². The summed E-state index contributed by atoms with van der Waals surface area (Å²) < 4.78 is 2.16. The van der Waals surface area contributed by atoms with E-state index in [-0.39, 0.29) is 24.4 Å². The van der Waals surface area contributed by atoms with E-state index in [2.05, 4.69) is 66.1 Å². The predicted molar refractivity (Wildman–Crippen MR) is 125 cm³/mol. The van der Waals surface area contributed by atoms with Crippen LogP contribution in [-0.4, -0.2) is 40.5 Å². The van der Waals surface area contributed by atoms with E-state index in [0.717, 1.165) is 40.6 Å². The van der Waals surface area contributed by atoms with E-state index < -0.39 is 0 Å². The van der Waals surface area contributed by atoms with E-state index in [1.165, 1.54) is 18.4 Å². The number of carbonyl (C=O) groups is 1. The Hall–Kier alpha value is -2.30. The number of rotatable bonds is 3. The van der Waals surface area contributed by atoms with Crippen LogP contribution in [0.3, 0.4) is 0 Å². The van der Waals surface area contributed by atoms with Gasteiger partial charge in [0, 0.05) is 36.1 Å². The second-order valence-electron chi connectivity index (χ2n) is 8.86. The molecule has 0 radical (unpaired) electrons. The number of halogens is 1. The molecule has 1 amide bonds. The lowest BCUT2D eigenvalue weighted by atomic mass is 9.97. The maximum atomic E-state index is 13.6. The van der Waals surface area contributed by atoms with Crippen LogP contribution in [0.5, 0.6) is 0 Å². The first-order valence-electron chi connectivity index (χ1n) is 10.7. The predicted octanol–water partition coefficient (Wildman–Crippen LogP) is 4.93. The third kappa shape index (κ3) is 3.42. The van der Waals surface area contributed by atoms with E-state index >= 15 is 0 Å². The molecule has 1 aromatic heterocycles. The topological polar surface area (TPSA) is 37.3 Å². The number of hydrogen-bond acceptors (Lipinski definition) is 2. The highest BCUT2D eigenvalue weighted by Gasteiger charge is 2.39. The summed E-state index contributed by atoms with van der Waals surface area (Å²) in [4.78, 5) is 16.1. The maximum Gasteiger partial charge on any atom is 0.254 e. The Bertz CT molecular complexity index is 1060. The molecule has 1 N–H and O–H groups in total. The molecular weight excluding hydrogens is 394 g/mol. The number of fused-ring (bicyclic) bond motifs is 3. The molecule has 5 rings (SSSR count). The number of aryl methyl sites for hydroxylation is 2. The van der Waals surface area contributed by atoms with Crippen molar-refractivity contribution >= 4 is 29.2 Å². The molecule has 2 bridgehead atoms. The molecule has 3 heterocycles. The average molecular weight is 424 g/mol. The third-order valence-corrected chi connectivity index (χ3v) is 7.06. The summed E-state index contributed by atoms with van der Waals surface area (Å²) in [6.45, 7) is 2.09. The summed E-state index contributed by atoms with van der Waals surface area (Å²) in [6.07, 6.45) is 4.64. The van der Waals surface area contributed by atoms with Gasteiger partial charge in [-0.1, -0.05) is 42.0 Å². The lowest BCUT2D eigenvalue weighted by Crippen LogP contribution is -2.48. The third-order valence-electron chi connectivity index (χ3n) is 7.06. The average Bonchev–Trinajstić information content (AvgIpc) is 3.09. The fraction of sp³-hybridized carbons (Fsp3) is 0.400. The quantitative estimate of drug-likeness (QED) is 0.648. The van der Waals surface area contributed by atoms with E-state index in [0.29, 0.717) is 12.1 Å². The van der Waals surface area contributed by atoms with Gasteiger partial charge in [0.25, 0.3) is 5.91 Å². The van der Waals surface area contributed by atoms with Gasteiger partial charge in [-0.2, -0.15) is 0 Å². The molecule has 0 spiro atoms. The van der Waals surface area contributed by atoms with Crippen molar-refractivity contribution in [3.8, 4) is 11.3 Å². The zero-order valence-electron chi connectivity index (χ0n) is 17.9. The first kappa shape index (κ1) is 21.0. The van der Waals surface area contributed by atoms with E-state index in [9.17, 15) is 4.79 Å². The molecule has 30 heavy (non-hydrogen) atoms. The Morgan fingerprint density at radius 1 is 1.00 bits per heavy atom. The Balaban J connectivity index is 0.00000218. The van der Waals surface area contributed by atoms with Gasteiger partial charge < -0.3 is 14.8 Å². The van der Waals surface area contributed by atoms with Crippen molar-refractivity contribution in [1.82, 2.24) is 14.8 Å². The van der Waals surface area contributed by atoms with Crippen molar-refractivity contribution in [3.63, 3.8) is 0 Å². The molecule has 4 nitrogen and oxygen atoms in total. The zero-order valence-corrected chi connectivity index (χ0v) is 18.7. The second-order valence-corrected chi connectivity index (χ2v) is 8.86. The molecule has 2 aliphatic rings. The Morgan fingerprint density at radius 3 is 2.33 bits per heavy atom. The standard InChI is InChI=1S/C25H29N3O.ClH/c1-16-9-12-22-21(13-16)23(24(28(22)3)17-7-5-4-6-8-17)25(29)26-18-14-19-10-11-20(15-18)27(19)2;/h4-9,12-13,18-20H,10-11,14-15H2,1-3H3,(H,26,29);1H/t18?,19-,20+;. The van der Waals surface area contributed by atoms with Gasteiger partial charge in [-0.15, -0.1) is 12.4 Å². The van der Waals surface area contributed by atoms with Crippen molar-refractivity contribution in [2.75, 3.05) is 7.05 Å². The van der Waals surface area contributed by atoms with Gasteiger partial charge in [-0.25, -0.2) is 0 Å². The first-order chi connectivity index (χ1) is 14.0. The molecule has 3 aromatic rings. The molecule has 1 unspecified atom stereocenters. The van der Waals surface area contributed by atoms with Crippen molar-refractivity contribution in [2.24, 2.45) is 7.05 Å². The highest BCUT2D eigenvalue weighted by molar-refractivity contribution is 6.13. The van der Waals surface area contributed by atoms with Crippen molar-refractivity contribution in [3.05, 3.63) is 59.7 Å². The molecule has 2 fully saturated rings. The summed E-state index contributed by atoms with van der Waals surface area (Å²) in [5.74, 6) is 0.0639. The fourth-order valence-corrected chi connectivity index (χ4v) is 5.51. The minimum Gasteiger partial charge on any atom is -0.349 e. The normalized spacial score (nSPS) is 23.4. The molecule has 0 saturated carbocycles. The molecule has 0 aliphatic carbocycles. The number of nitrogens with zero attached hydrogens (tertiary/aromatic N) is 2. The Morgan fingerprint density at radius 2 is 1.67 bits per heavy atom. The maximum absolute atomic E-state index is 13.6. The summed E-state index contributed by atoms with van der Waals surface area (Å²) in [7, 11) is 4.30. The molecule has 5 heteroatoms. The molecular formula is C25H30ClN3O. The minimum atomic E-state index is 0. The van der Waals surface area contributed by atoms with Gasteiger partial charge in [0.1, 0.15) is 0 Å². The number of piperidine rings is 1. The number of carbonyl (C=O) groups excluding carboxylic acids is 1. The monoisotopic (exact) mass is 423 g/mol. The lowest BCUT2D eigenvalue weighted by molar-refractivity contribution is 0.0884. The van der Waals surface area contributed by atoms with Gasteiger partial charge in [-0.05, 0) is 57.4 Å². The van der Waals surface area contributed by atoms with Crippen LogP contribution >= 0.6 is 12.4 Å². The van der Waals surface area contributed by atoms with Gasteiger partial charge in [-0.3, -0.25) is 4.79 Å². The number of aromatic nitrogens is 1. The van der Waals surface area contributed by atoms with E-state index in [1.807, 2.05) is 18.2 Å². The van der Waals surface area contributed by atoms with Gasteiger partial charge >= 0.3 is 0 Å². The van der Waals surface area contributed by atoms with Crippen molar-refractivity contribution < 1.29 is 4.79 Å². The molecule has 2 aliphatic heterocycles. The summed E-state index contributed by atoms with van der Waals surface area (Å²) >= 11 is 0. The summed E-state index contributed by atoms with van der Waals surface area (Å²) in [5, 5.41) is 4.45. The van der Waals surface area contributed by atoms with Crippen LogP contribution in [0.2, 0.25) is 0 Å². The Kier molecular flexibility index (Phi) is 5.65. The number of benzene rings is 2. The zero-order chi connectivity index (χ0) is 20.1. The highest BCUT2D eigenvalue weighted by Crippen LogP contribution is 2.36. The van der Waals surface area contributed by atoms with Crippen LogP contribution < -0.4 is 5.32 Å². The van der Waals surface area contributed by atoms with Gasteiger partial charge in [0.15, 0.2) is 0 Å². The van der Waals surface area contributed by atoms with Crippen LogP contribution in [0.1, 0.15) is 41.6 Å². The van der Waals surface area contributed by atoms with Crippen LogP contribution in [0, 0.1) is 6.92 Å². The fourth-order valence-electron chi connectivity index (χ4n) is 5.51. The minimum absolute atomic E-state index is 0. The van der Waals surface area contributed by atoms with E-state index in [1.54, 1.807) is 0 Å². The molecule has 2 saturated heterocycles.